The smallest absolute Gasteiger partial charge is 0.338 e. The van der Waals surface area contributed by atoms with Gasteiger partial charge in [0, 0.05) is 30.4 Å². The molecule has 0 spiro atoms. The van der Waals surface area contributed by atoms with Crippen molar-refractivity contribution in [2.45, 2.75) is 65.7 Å². The number of nitrogens with one attached hydrogen (secondary N) is 1. The zero-order valence-corrected chi connectivity index (χ0v) is 21.7. The minimum Gasteiger partial charge on any atom is -0.460 e. The zero-order valence-electron chi connectivity index (χ0n) is 21.7. The first-order chi connectivity index (χ1) is 16.8. The van der Waals surface area contributed by atoms with Crippen LogP contribution in [0.5, 0.6) is 0 Å². The van der Waals surface area contributed by atoms with Crippen LogP contribution in [0.25, 0.3) is 16.9 Å². The molecule has 36 heavy (non-hydrogen) atoms. The van der Waals surface area contributed by atoms with Gasteiger partial charge in [0.05, 0.1) is 23.4 Å². The van der Waals surface area contributed by atoms with Gasteiger partial charge in [-0.25, -0.2) is 9.78 Å². The molecule has 192 valence electrons. The number of aromatic nitrogens is 2. The summed E-state index contributed by atoms with van der Waals surface area (Å²) in [5.41, 5.74) is 8.27. The molecule has 0 fully saturated rings. The van der Waals surface area contributed by atoms with E-state index in [4.69, 9.17) is 20.2 Å². The zero-order chi connectivity index (χ0) is 26.7. The highest BCUT2D eigenvalue weighted by molar-refractivity contribution is 5.95. The number of esters is 2. The number of hydrogen-bond donors (Lipinski definition) is 2. The number of nitrogens with zero attached hydrogens (tertiary/aromatic N) is 2. The Balaban J connectivity index is 1.81. The van der Waals surface area contributed by atoms with Gasteiger partial charge in [0.1, 0.15) is 16.8 Å². The van der Waals surface area contributed by atoms with Crippen molar-refractivity contribution in [1.82, 2.24) is 14.7 Å². The molecule has 0 aliphatic heterocycles. The quantitative estimate of drug-likeness (QED) is 0.478. The summed E-state index contributed by atoms with van der Waals surface area (Å²) in [6.45, 7) is 11.2. The molecule has 1 amide bonds. The molecular formula is C27H34N4O5. The minimum absolute atomic E-state index is 0.0758. The summed E-state index contributed by atoms with van der Waals surface area (Å²) >= 11 is 0. The van der Waals surface area contributed by atoms with Crippen molar-refractivity contribution in [1.29, 1.82) is 0 Å². The summed E-state index contributed by atoms with van der Waals surface area (Å²) in [6, 6.07) is 10.3. The molecule has 9 nitrogen and oxygen atoms in total. The Morgan fingerprint density at radius 1 is 0.972 bits per heavy atom. The predicted octanol–water partition coefficient (Wildman–Crippen LogP) is 3.88. The summed E-state index contributed by atoms with van der Waals surface area (Å²) < 4.78 is 12.5. The number of carbonyl (C=O) groups is 3. The van der Waals surface area contributed by atoms with E-state index in [0.29, 0.717) is 28.0 Å². The Labute approximate surface area is 211 Å². The standard InChI is InChI=1S/C27H34N4O5/c1-26(2,3)35-22(32)10-12-29-24(33)18-9-7-8-17(14-18)23-20(16-28)31-13-11-19(15-21(31)30-23)25(34)36-27(4,5)6/h7-9,11,13-15H,10,12,16,28H2,1-6H3,(H,29,33). The number of nitrogens with two attached hydrogens (primary N) is 1. The third-order valence-corrected chi connectivity index (χ3v) is 4.99. The molecule has 0 radical (unpaired) electrons. The second kappa shape index (κ2) is 10.5. The monoisotopic (exact) mass is 494 g/mol. The fourth-order valence-corrected chi connectivity index (χ4v) is 3.57. The molecule has 9 heteroatoms. The lowest BCUT2D eigenvalue weighted by atomic mass is 10.1. The lowest BCUT2D eigenvalue weighted by molar-refractivity contribution is -0.154. The van der Waals surface area contributed by atoms with E-state index in [1.807, 2.05) is 31.2 Å². The number of hydrogen-bond acceptors (Lipinski definition) is 7. The van der Waals surface area contributed by atoms with Gasteiger partial charge in [-0.1, -0.05) is 12.1 Å². The first-order valence-electron chi connectivity index (χ1n) is 11.8. The van der Waals surface area contributed by atoms with Crippen LogP contribution in [0, 0.1) is 0 Å². The molecule has 2 heterocycles. The molecule has 0 aliphatic rings. The molecule has 0 saturated carbocycles. The molecule has 3 rings (SSSR count). The van der Waals surface area contributed by atoms with Gasteiger partial charge < -0.3 is 24.9 Å². The van der Waals surface area contributed by atoms with Crippen molar-refractivity contribution in [2.75, 3.05) is 6.54 Å². The molecule has 0 saturated heterocycles. The number of fused-ring (bicyclic) bond motifs is 1. The number of imidazole rings is 1. The van der Waals surface area contributed by atoms with Crippen molar-refractivity contribution in [2.24, 2.45) is 5.73 Å². The third-order valence-electron chi connectivity index (χ3n) is 4.99. The van der Waals surface area contributed by atoms with E-state index in [1.54, 1.807) is 57.3 Å². The number of carbonyl (C=O) groups excluding carboxylic acids is 3. The molecule has 3 N–H and O–H groups in total. The maximum absolute atomic E-state index is 12.7. The number of amides is 1. The van der Waals surface area contributed by atoms with Crippen LogP contribution >= 0.6 is 0 Å². The molecule has 0 bridgehead atoms. The normalized spacial score (nSPS) is 11.9. The van der Waals surface area contributed by atoms with Crippen LogP contribution in [-0.2, 0) is 20.8 Å². The van der Waals surface area contributed by atoms with Gasteiger partial charge in [-0.3, -0.25) is 9.59 Å². The van der Waals surface area contributed by atoms with Gasteiger partial charge in [-0.05, 0) is 65.8 Å². The molecule has 2 aromatic heterocycles. The highest BCUT2D eigenvalue weighted by atomic mass is 16.6. The van der Waals surface area contributed by atoms with E-state index >= 15 is 0 Å². The van der Waals surface area contributed by atoms with E-state index in [9.17, 15) is 14.4 Å². The van der Waals surface area contributed by atoms with Crippen molar-refractivity contribution < 1.29 is 23.9 Å². The molecule has 1 aromatic carbocycles. The Hall–Kier alpha value is -3.72. The third kappa shape index (κ3) is 6.91. The molecule has 0 unspecified atom stereocenters. The summed E-state index contributed by atoms with van der Waals surface area (Å²) in [6.07, 6.45) is 1.81. The molecule has 0 atom stereocenters. The average molecular weight is 495 g/mol. The molecular weight excluding hydrogens is 460 g/mol. The maximum Gasteiger partial charge on any atom is 0.338 e. The number of rotatable bonds is 7. The Bertz CT molecular complexity index is 1280. The van der Waals surface area contributed by atoms with Crippen LogP contribution in [-0.4, -0.2) is 45.0 Å². The topological polar surface area (TPSA) is 125 Å². The van der Waals surface area contributed by atoms with Crippen molar-refractivity contribution in [3.05, 3.63) is 59.4 Å². The van der Waals surface area contributed by atoms with Crippen LogP contribution in [0.4, 0.5) is 0 Å². The van der Waals surface area contributed by atoms with Gasteiger partial charge in [0.15, 0.2) is 0 Å². The van der Waals surface area contributed by atoms with Crippen LogP contribution in [0.1, 0.15) is 74.4 Å². The number of benzene rings is 1. The second-order valence-electron chi connectivity index (χ2n) is 10.4. The van der Waals surface area contributed by atoms with E-state index < -0.39 is 17.2 Å². The van der Waals surface area contributed by atoms with E-state index in [1.165, 1.54) is 0 Å². The second-order valence-corrected chi connectivity index (χ2v) is 10.4. The largest absolute Gasteiger partial charge is 0.460 e. The number of ether oxygens (including phenoxy) is 2. The van der Waals surface area contributed by atoms with Crippen molar-refractivity contribution in [3.8, 4) is 11.3 Å². The van der Waals surface area contributed by atoms with Crippen LogP contribution < -0.4 is 11.1 Å². The summed E-state index contributed by atoms with van der Waals surface area (Å²) in [5, 5.41) is 2.75. The Morgan fingerprint density at radius 3 is 2.31 bits per heavy atom. The fourth-order valence-electron chi connectivity index (χ4n) is 3.57. The SMILES string of the molecule is CC(C)(C)OC(=O)CCNC(=O)c1cccc(-c2nc3cc(C(=O)OC(C)(C)C)ccn3c2CN)c1. The van der Waals surface area contributed by atoms with E-state index in [-0.39, 0.29) is 31.4 Å². The minimum atomic E-state index is -0.611. The van der Waals surface area contributed by atoms with Crippen LogP contribution in [0.15, 0.2) is 42.6 Å². The predicted molar refractivity (Wildman–Crippen MR) is 136 cm³/mol. The first-order valence-corrected chi connectivity index (χ1v) is 11.8. The van der Waals surface area contributed by atoms with E-state index in [2.05, 4.69) is 5.32 Å². The first kappa shape index (κ1) is 26.9. The highest BCUT2D eigenvalue weighted by Gasteiger charge is 2.21. The summed E-state index contributed by atoms with van der Waals surface area (Å²) in [5.74, 6) is -1.13. The number of pyridine rings is 1. The summed E-state index contributed by atoms with van der Waals surface area (Å²) in [4.78, 5) is 41.8. The maximum atomic E-state index is 12.7. The summed E-state index contributed by atoms with van der Waals surface area (Å²) in [7, 11) is 0. The Kier molecular flexibility index (Phi) is 7.83. The van der Waals surface area contributed by atoms with Gasteiger partial charge in [-0.2, -0.15) is 0 Å². The lowest BCUT2D eigenvalue weighted by Gasteiger charge is -2.19. The van der Waals surface area contributed by atoms with Gasteiger partial charge in [0.25, 0.3) is 5.91 Å². The van der Waals surface area contributed by atoms with Crippen molar-refractivity contribution >= 4 is 23.5 Å². The lowest BCUT2D eigenvalue weighted by Crippen LogP contribution is -2.29. The van der Waals surface area contributed by atoms with E-state index in [0.717, 1.165) is 5.69 Å². The van der Waals surface area contributed by atoms with Gasteiger partial charge in [0.2, 0.25) is 0 Å². The van der Waals surface area contributed by atoms with Crippen LogP contribution in [0.3, 0.4) is 0 Å². The van der Waals surface area contributed by atoms with Crippen LogP contribution in [0.2, 0.25) is 0 Å². The van der Waals surface area contributed by atoms with Gasteiger partial charge in [-0.15, -0.1) is 0 Å². The average Bonchev–Trinajstić information content (AvgIpc) is 3.14. The molecule has 3 aromatic rings. The van der Waals surface area contributed by atoms with Gasteiger partial charge >= 0.3 is 11.9 Å². The fraction of sp³-hybridized carbons (Fsp3) is 0.407. The highest BCUT2D eigenvalue weighted by Crippen LogP contribution is 2.26. The van der Waals surface area contributed by atoms with Crippen molar-refractivity contribution in [3.63, 3.8) is 0 Å². The Morgan fingerprint density at radius 2 is 1.67 bits per heavy atom. The molecule has 0 aliphatic carbocycles.